The van der Waals surface area contributed by atoms with E-state index in [1.807, 2.05) is 19.1 Å². The van der Waals surface area contributed by atoms with Gasteiger partial charge in [-0.15, -0.1) is 0 Å². The van der Waals surface area contributed by atoms with Crippen molar-refractivity contribution in [3.63, 3.8) is 0 Å². The largest absolute Gasteiger partial charge is 0.490 e. The Labute approximate surface area is 192 Å². The molecule has 3 aromatic rings. The van der Waals surface area contributed by atoms with Gasteiger partial charge in [-0.25, -0.2) is 4.39 Å². The molecule has 0 unspecified atom stereocenters. The normalized spacial score (nSPS) is 17.5. The predicted octanol–water partition coefficient (Wildman–Crippen LogP) is 3.94. The molecule has 172 valence electrons. The second-order valence-electron chi connectivity index (χ2n) is 8.46. The number of aromatic nitrogens is 2. The summed E-state index contributed by atoms with van der Waals surface area (Å²) in [5, 5.41) is 9.73. The fraction of sp³-hybridized carbons (Fsp3) is 0.360. The third kappa shape index (κ3) is 4.18. The van der Waals surface area contributed by atoms with E-state index in [1.165, 1.54) is 6.07 Å². The number of benzene rings is 1. The highest BCUT2D eigenvalue weighted by Crippen LogP contribution is 2.41. The van der Waals surface area contributed by atoms with Crippen LogP contribution in [0, 0.1) is 5.82 Å². The summed E-state index contributed by atoms with van der Waals surface area (Å²) in [4.78, 5) is 20.6. The van der Waals surface area contributed by atoms with Gasteiger partial charge in [-0.05, 0) is 44.0 Å². The van der Waals surface area contributed by atoms with Crippen LogP contribution in [-0.4, -0.2) is 41.6 Å². The molecule has 2 aliphatic heterocycles. The number of nitrogens with zero attached hydrogens (tertiary/aromatic N) is 1. The minimum atomic E-state index is -0.269. The summed E-state index contributed by atoms with van der Waals surface area (Å²) in [7, 11) is 0. The first-order valence-corrected chi connectivity index (χ1v) is 11.5. The van der Waals surface area contributed by atoms with E-state index in [0.717, 1.165) is 36.3 Å². The van der Waals surface area contributed by atoms with Crippen LogP contribution < -0.4 is 20.7 Å². The zero-order valence-electron chi connectivity index (χ0n) is 18.6. The lowest BCUT2D eigenvalue weighted by Crippen LogP contribution is -2.31. The van der Waals surface area contributed by atoms with Crippen LogP contribution in [0.3, 0.4) is 0 Å². The number of ether oxygens (including phenoxy) is 1. The van der Waals surface area contributed by atoms with Gasteiger partial charge < -0.3 is 25.7 Å². The van der Waals surface area contributed by atoms with Crippen molar-refractivity contribution in [2.75, 3.05) is 25.0 Å². The van der Waals surface area contributed by atoms with E-state index in [2.05, 4.69) is 25.9 Å². The zero-order valence-corrected chi connectivity index (χ0v) is 18.6. The van der Waals surface area contributed by atoms with Crippen LogP contribution in [0.2, 0.25) is 0 Å². The van der Waals surface area contributed by atoms with Crippen LogP contribution in [0.1, 0.15) is 41.4 Å². The fourth-order valence-electron chi connectivity index (χ4n) is 4.67. The van der Waals surface area contributed by atoms with E-state index in [-0.39, 0.29) is 11.7 Å². The number of carbonyl (C=O) groups is 1. The number of aromatic amines is 1. The average Bonchev–Trinajstić information content (AvgIpc) is 3.47. The van der Waals surface area contributed by atoms with Crippen LogP contribution in [0.25, 0.3) is 11.3 Å². The smallest absolute Gasteiger partial charge is 0.255 e. The Hall–Kier alpha value is -3.39. The highest BCUT2D eigenvalue weighted by Gasteiger charge is 2.29. The molecule has 2 aliphatic rings. The molecule has 1 amide bonds. The van der Waals surface area contributed by atoms with Crippen LogP contribution in [-0.2, 0) is 12.8 Å². The third-order valence-electron chi connectivity index (χ3n) is 6.35. The standard InChI is InChI=1S/C25H28FN5O2/c1-2-16-18(26)6-3-7-19(16)30-24-22-20(9-12-29-25(22)32)31-23(24)17-8-11-27-13-21(17)33-14-15-5-4-10-28-15/h3,6-8,11,13,15,28,30-31H,2,4-5,9-10,12,14H2,1H3,(H,29,32)/t15-/m1/s1. The molecular formula is C25H28FN5O2. The molecule has 7 nitrogen and oxygen atoms in total. The molecule has 1 atom stereocenters. The predicted molar refractivity (Wildman–Crippen MR) is 126 cm³/mol. The Morgan fingerprint density at radius 1 is 1.27 bits per heavy atom. The van der Waals surface area contributed by atoms with Crippen LogP contribution in [0.15, 0.2) is 36.7 Å². The topological polar surface area (TPSA) is 91.1 Å². The first-order valence-electron chi connectivity index (χ1n) is 11.5. The lowest BCUT2D eigenvalue weighted by atomic mass is 10.0. The van der Waals surface area contributed by atoms with E-state index < -0.39 is 0 Å². The molecule has 0 bridgehead atoms. The monoisotopic (exact) mass is 449 g/mol. The summed E-state index contributed by atoms with van der Waals surface area (Å²) in [6.45, 7) is 4.04. The van der Waals surface area contributed by atoms with Crippen molar-refractivity contribution >= 4 is 17.3 Å². The molecule has 0 saturated carbocycles. The minimum absolute atomic E-state index is 0.151. The number of rotatable bonds is 7. The van der Waals surface area contributed by atoms with Crippen molar-refractivity contribution in [3.8, 4) is 17.0 Å². The Kier molecular flexibility index (Phi) is 6.00. The average molecular weight is 450 g/mol. The van der Waals surface area contributed by atoms with Gasteiger partial charge in [0, 0.05) is 47.7 Å². The number of carbonyl (C=O) groups excluding carboxylic acids is 1. The van der Waals surface area contributed by atoms with Gasteiger partial charge in [0.1, 0.15) is 18.2 Å². The van der Waals surface area contributed by atoms with Crippen molar-refractivity contribution in [2.45, 2.75) is 38.6 Å². The number of amides is 1. The first kappa shape index (κ1) is 21.5. The minimum Gasteiger partial charge on any atom is -0.490 e. The van der Waals surface area contributed by atoms with E-state index in [1.54, 1.807) is 18.5 Å². The number of nitrogens with one attached hydrogen (secondary N) is 4. The summed E-state index contributed by atoms with van der Waals surface area (Å²) in [5.74, 6) is 0.223. The molecule has 1 saturated heterocycles. The Balaban J connectivity index is 1.58. The molecule has 0 aliphatic carbocycles. The summed E-state index contributed by atoms with van der Waals surface area (Å²) in [5.41, 5.74) is 4.80. The summed E-state index contributed by atoms with van der Waals surface area (Å²) in [6.07, 6.45) is 6.85. The maximum atomic E-state index is 14.5. The zero-order chi connectivity index (χ0) is 22.8. The molecule has 2 aromatic heterocycles. The molecule has 0 radical (unpaired) electrons. The molecule has 1 aromatic carbocycles. The maximum Gasteiger partial charge on any atom is 0.255 e. The molecule has 1 fully saturated rings. The lowest BCUT2D eigenvalue weighted by Gasteiger charge is -2.18. The van der Waals surface area contributed by atoms with Gasteiger partial charge in [-0.1, -0.05) is 13.0 Å². The molecule has 4 heterocycles. The van der Waals surface area contributed by atoms with Crippen LogP contribution >= 0.6 is 0 Å². The van der Waals surface area contributed by atoms with Gasteiger partial charge in [-0.2, -0.15) is 0 Å². The second-order valence-corrected chi connectivity index (χ2v) is 8.46. The van der Waals surface area contributed by atoms with Gasteiger partial charge in [0.25, 0.3) is 5.91 Å². The summed E-state index contributed by atoms with van der Waals surface area (Å²) >= 11 is 0. The van der Waals surface area contributed by atoms with Gasteiger partial charge in [-0.3, -0.25) is 9.78 Å². The first-order chi connectivity index (χ1) is 16.2. The number of pyridine rings is 1. The molecule has 5 rings (SSSR count). The molecule has 4 N–H and O–H groups in total. The Morgan fingerprint density at radius 3 is 3.00 bits per heavy atom. The van der Waals surface area contributed by atoms with Gasteiger partial charge >= 0.3 is 0 Å². The number of hydrogen-bond acceptors (Lipinski definition) is 5. The number of anilines is 2. The van der Waals surface area contributed by atoms with Crippen molar-refractivity contribution in [1.82, 2.24) is 20.6 Å². The number of hydrogen-bond donors (Lipinski definition) is 4. The van der Waals surface area contributed by atoms with Crippen molar-refractivity contribution < 1.29 is 13.9 Å². The third-order valence-corrected chi connectivity index (χ3v) is 6.35. The highest BCUT2D eigenvalue weighted by atomic mass is 19.1. The quantitative estimate of drug-likeness (QED) is 0.439. The van der Waals surface area contributed by atoms with Gasteiger partial charge in [0.05, 0.1) is 23.1 Å². The van der Waals surface area contributed by atoms with Crippen LogP contribution in [0.5, 0.6) is 5.75 Å². The number of H-pyrrole nitrogens is 1. The van der Waals surface area contributed by atoms with Gasteiger partial charge in [0.2, 0.25) is 0 Å². The summed E-state index contributed by atoms with van der Waals surface area (Å²) in [6, 6.07) is 7.16. The lowest BCUT2D eigenvalue weighted by molar-refractivity contribution is 0.0947. The number of fused-ring (bicyclic) bond motifs is 1. The second kappa shape index (κ2) is 9.23. The number of halogens is 1. The summed E-state index contributed by atoms with van der Waals surface area (Å²) < 4.78 is 20.6. The van der Waals surface area contributed by atoms with E-state index >= 15 is 0 Å². The SMILES string of the molecule is CCc1c(F)cccc1Nc1c(-c2ccncc2OC[C@H]2CCCN2)[nH]c2c1C(=O)NCC2. The van der Waals surface area contributed by atoms with Crippen molar-refractivity contribution in [1.29, 1.82) is 0 Å². The van der Waals surface area contributed by atoms with E-state index in [4.69, 9.17) is 4.74 Å². The Bertz CT molecular complexity index is 1170. The van der Waals surface area contributed by atoms with Crippen molar-refractivity contribution in [2.24, 2.45) is 0 Å². The molecule has 33 heavy (non-hydrogen) atoms. The van der Waals surface area contributed by atoms with Gasteiger partial charge in [0.15, 0.2) is 0 Å². The Morgan fingerprint density at radius 2 is 2.18 bits per heavy atom. The fourth-order valence-corrected chi connectivity index (χ4v) is 4.67. The van der Waals surface area contributed by atoms with E-state index in [0.29, 0.717) is 60.3 Å². The molecule has 8 heteroatoms. The molecule has 0 spiro atoms. The van der Waals surface area contributed by atoms with Crippen molar-refractivity contribution in [3.05, 3.63) is 59.3 Å². The maximum absolute atomic E-state index is 14.5. The highest BCUT2D eigenvalue weighted by molar-refractivity contribution is 6.06. The van der Waals surface area contributed by atoms with E-state index in [9.17, 15) is 9.18 Å². The molecular weight excluding hydrogens is 421 g/mol. The van der Waals surface area contributed by atoms with Crippen LogP contribution in [0.4, 0.5) is 15.8 Å².